The highest BCUT2D eigenvalue weighted by Crippen LogP contribution is 2.46. The van der Waals surface area contributed by atoms with Gasteiger partial charge in [-0.25, -0.2) is 17.9 Å². The van der Waals surface area contributed by atoms with Crippen molar-refractivity contribution >= 4 is 44.6 Å². The number of carbonyl (C=O) groups is 4. The number of alkyl carbamates (subject to hydrolysis) is 1. The summed E-state index contributed by atoms with van der Waals surface area (Å²) in [6, 6.07) is 10.6. The van der Waals surface area contributed by atoms with E-state index in [2.05, 4.69) is 27.0 Å². The molecule has 2 aromatic carbocycles. The van der Waals surface area contributed by atoms with Gasteiger partial charge in [-0.3, -0.25) is 23.9 Å². The number of sulfonamides is 1. The number of hydrogen-bond donors (Lipinski definition) is 3. The zero-order valence-electron chi connectivity index (χ0n) is 31.8. The first-order valence-electron chi connectivity index (χ1n) is 19.1. The third-order valence-corrected chi connectivity index (χ3v) is 13.1. The van der Waals surface area contributed by atoms with Crippen molar-refractivity contribution in [3.63, 3.8) is 0 Å². The predicted molar refractivity (Wildman–Crippen MR) is 210 cm³/mol. The van der Waals surface area contributed by atoms with Crippen LogP contribution in [0.25, 0.3) is 21.9 Å². The summed E-state index contributed by atoms with van der Waals surface area (Å²) in [6.45, 7) is 9.07. The molecule has 0 radical (unpaired) electrons. The van der Waals surface area contributed by atoms with Crippen molar-refractivity contribution in [1.29, 1.82) is 0 Å². The van der Waals surface area contributed by atoms with Crippen LogP contribution in [0.15, 0.2) is 78.3 Å². The molecule has 2 saturated carbocycles. The molecule has 2 aliphatic carbocycles. The zero-order valence-corrected chi connectivity index (χ0v) is 32.6. The van der Waals surface area contributed by atoms with Crippen LogP contribution in [0.4, 0.5) is 4.79 Å². The van der Waals surface area contributed by atoms with Crippen molar-refractivity contribution in [2.45, 2.75) is 94.6 Å². The highest BCUT2D eigenvalue weighted by atomic mass is 32.2. The van der Waals surface area contributed by atoms with Gasteiger partial charge in [-0.15, -0.1) is 6.58 Å². The fourth-order valence-corrected chi connectivity index (χ4v) is 9.18. The lowest BCUT2D eigenvalue weighted by Crippen LogP contribution is -2.60. The molecule has 4 bridgehead atoms. The number of amides is 4. The summed E-state index contributed by atoms with van der Waals surface area (Å²) in [5.41, 5.74) is -0.818. The minimum Gasteiger partial charge on any atom is -0.450 e. The van der Waals surface area contributed by atoms with Gasteiger partial charge >= 0.3 is 6.09 Å². The van der Waals surface area contributed by atoms with Crippen LogP contribution in [-0.4, -0.2) is 82.9 Å². The van der Waals surface area contributed by atoms with E-state index >= 15 is 0 Å². The number of hydrogen-bond acceptors (Lipinski definition) is 9. The molecule has 15 heteroatoms. The molecule has 2 aliphatic heterocycles. The predicted octanol–water partition coefficient (Wildman–Crippen LogP) is 3.91. The lowest BCUT2D eigenvalue weighted by molar-refractivity contribution is -0.142. The Labute approximate surface area is 325 Å². The number of fused-ring (bicyclic) bond motifs is 6. The second-order valence-corrected chi connectivity index (χ2v) is 18.2. The molecule has 296 valence electrons. The SMILES string of the molecule is C=C[C@@H]1CC1(NC(=O)[C@@H]1CC2CN1C(=O)[C@H](C(C)(C)C)NC(=O)OCCC/C=C/Cc1c(-c3cccc4ccccc34)cnn2c1=O)C(=O)NS(=O)(=O)C1CC1. The first-order valence-corrected chi connectivity index (χ1v) is 20.7. The Hall–Kier alpha value is -5.31. The van der Waals surface area contributed by atoms with Crippen molar-refractivity contribution in [1.82, 2.24) is 30.0 Å². The molecule has 5 atom stereocenters. The molecular weight excluding hydrogens is 737 g/mol. The molecule has 14 nitrogen and oxygen atoms in total. The van der Waals surface area contributed by atoms with E-state index in [0.29, 0.717) is 36.8 Å². The summed E-state index contributed by atoms with van der Waals surface area (Å²) < 4.78 is 34.4. The van der Waals surface area contributed by atoms with E-state index in [-0.39, 0.29) is 38.0 Å². The number of aromatic nitrogens is 2. The standard InChI is InChI=1S/C41H48N6O8S/c1-5-26-22-41(26,38(51)45-56(53,54)28-18-19-28)44-35(48)33-21-27-24-46(33)37(50)34(40(2,3)4)43-39(52)55-20-11-7-6-8-16-31-32(23-42-47(27)36(31)49)30-17-12-14-25-13-9-10-15-29(25)30/h5-6,8-10,12-15,17,23,26-28,33-34H,1,7,11,16,18-22,24H2,2-4H3,(H,43,52)(H,44,48)(H,45,51)/b8-6+/t26-,27?,33+,34-,41?/m1/s1. The van der Waals surface area contributed by atoms with E-state index in [1.807, 2.05) is 54.6 Å². The number of carbonyl (C=O) groups excluding carboxylic acids is 4. The highest BCUT2D eigenvalue weighted by Gasteiger charge is 2.62. The Morgan fingerprint density at radius 1 is 1.05 bits per heavy atom. The van der Waals surface area contributed by atoms with Gasteiger partial charge in [-0.2, -0.15) is 5.10 Å². The van der Waals surface area contributed by atoms with Crippen molar-refractivity contribution in [2.75, 3.05) is 13.2 Å². The monoisotopic (exact) mass is 784 g/mol. The van der Waals surface area contributed by atoms with Crippen LogP contribution >= 0.6 is 0 Å². The number of nitrogens with one attached hydrogen (secondary N) is 3. The van der Waals surface area contributed by atoms with Crippen LogP contribution in [0, 0.1) is 11.3 Å². The lowest BCUT2D eigenvalue weighted by atomic mass is 9.85. The van der Waals surface area contributed by atoms with E-state index in [4.69, 9.17) is 4.74 Å². The summed E-state index contributed by atoms with van der Waals surface area (Å²) in [5.74, 6) is -2.72. The molecular formula is C41H48N6O8S. The normalized spacial score (nSPS) is 26.4. The minimum absolute atomic E-state index is 0.0501. The summed E-state index contributed by atoms with van der Waals surface area (Å²) >= 11 is 0. The molecule has 3 fully saturated rings. The first kappa shape index (κ1) is 38.9. The minimum atomic E-state index is -3.93. The number of rotatable bonds is 7. The highest BCUT2D eigenvalue weighted by molar-refractivity contribution is 7.91. The molecule has 4 amide bonds. The largest absolute Gasteiger partial charge is 0.450 e. The maximum Gasteiger partial charge on any atom is 0.407 e. The van der Waals surface area contributed by atoms with Crippen LogP contribution in [0.2, 0.25) is 0 Å². The van der Waals surface area contributed by atoms with E-state index in [0.717, 1.165) is 16.3 Å². The molecule has 56 heavy (non-hydrogen) atoms. The Morgan fingerprint density at radius 3 is 2.52 bits per heavy atom. The number of cyclic esters (lactones) is 1. The van der Waals surface area contributed by atoms with Gasteiger partial charge in [0.25, 0.3) is 11.5 Å². The number of nitrogens with zero attached hydrogens (tertiary/aromatic N) is 3. The van der Waals surface area contributed by atoms with Gasteiger partial charge in [0, 0.05) is 30.0 Å². The second kappa shape index (κ2) is 15.0. The van der Waals surface area contributed by atoms with Crippen molar-refractivity contribution in [3.05, 3.63) is 89.4 Å². The Kier molecular flexibility index (Phi) is 10.4. The molecule has 3 N–H and O–H groups in total. The number of benzene rings is 2. The van der Waals surface area contributed by atoms with Crippen LogP contribution < -0.4 is 20.9 Å². The Balaban J connectivity index is 1.29. The number of ether oxygens (including phenoxy) is 1. The van der Waals surface area contributed by atoms with Crippen molar-refractivity contribution < 1.29 is 32.3 Å². The number of allylic oxidation sites excluding steroid dienone is 2. The van der Waals surface area contributed by atoms with E-state index in [9.17, 15) is 32.4 Å². The van der Waals surface area contributed by atoms with Crippen molar-refractivity contribution in [2.24, 2.45) is 11.3 Å². The molecule has 3 heterocycles. The third kappa shape index (κ3) is 7.60. The van der Waals surface area contributed by atoms with Crippen LogP contribution in [0.3, 0.4) is 0 Å². The average Bonchev–Trinajstić information content (AvgIpc) is 4.09. The smallest absolute Gasteiger partial charge is 0.407 e. The average molecular weight is 785 g/mol. The quantitative estimate of drug-likeness (QED) is 0.299. The molecule has 1 aromatic heterocycles. The fourth-order valence-electron chi connectivity index (χ4n) is 7.81. The molecule has 4 aliphatic rings. The second-order valence-electron chi connectivity index (χ2n) is 16.3. The molecule has 7 rings (SSSR count). The summed E-state index contributed by atoms with van der Waals surface area (Å²) in [4.78, 5) is 71.6. The maximum absolute atomic E-state index is 14.6. The maximum atomic E-state index is 14.6. The van der Waals surface area contributed by atoms with E-state index in [1.165, 1.54) is 15.7 Å². The van der Waals surface area contributed by atoms with Gasteiger partial charge in [0.1, 0.15) is 17.6 Å². The first-order chi connectivity index (χ1) is 26.6. The summed E-state index contributed by atoms with van der Waals surface area (Å²) in [6.07, 6.45) is 8.52. The van der Waals surface area contributed by atoms with Gasteiger partial charge in [0.15, 0.2) is 0 Å². The lowest BCUT2D eigenvalue weighted by Gasteiger charge is -2.35. The molecule has 2 unspecified atom stereocenters. The molecule has 1 saturated heterocycles. The van der Waals surface area contributed by atoms with Gasteiger partial charge in [-0.05, 0) is 60.3 Å². The topological polar surface area (TPSA) is 186 Å². The van der Waals surface area contributed by atoms with Gasteiger partial charge in [0.2, 0.25) is 21.8 Å². The van der Waals surface area contributed by atoms with Crippen LogP contribution in [0.1, 0.15) is 70.9 Å². The van der Waals surface area contributed by atoms with Crippen LogP contribution in [0.5, 0.6) is 0 Å². The summed E-state index contributed by atoms with van der Waals surface area (Å²) in [7, 11) is -3.93. The third-order valence-electron chi connectivity index (χ3n) is 11.3. The van der Waals surface area contributed by atoms with Crippen molar-refractivity contribution in [3.8, 4) is 11.1 Å². The summed E-state index contributed by atoms with van der Waals surface area (Å²) in [5, 5.41) is 11.5. The fraction of sp³-hybridized carbons (Fsp3) is 0.463. The Morgan fingerprint density at radius 2 is 1.80 bits per heavy atom. The molecule has 3 aromatic rings. The van der Waals surface area contributed by atoms with Gasteiger partial charge < -0.3 is 20.3 Å². The van der Waals surface area contributed by atoms with E-state index < -0.39 is 74.1 Å². The molecule has 0 spiro atoms. The van der Waals surface area contributed by atoms with E-state index in [1.54, 1.807) is 27.0 Å². The van der Waals surface area contributed by atoms with Gasteiger partial charge in [0.05, 0.1) is 24.1 Å². The Bertz CT molecular complexity index is 2290. The van der Waals surface area contributed by atoms with Gasteiger partial charge in [-0.1, -0.05) is 81.5 Å². The van der Waals surface area contributed by atoms with Crippen LogP contribution in [-0.2, 0) is 35.6 Å². The zero-order chi connectivity index (χ0) is 40.0.